The quantitative estimate of drug-likeness (QED) is 0.331. The summed E-state index contributed by atoms with van der Waals surface area (Å²) in [5.41, 5.74) is 5.26. The van der Waals surface area contributed by atoms with E-state index in [1.165, 1.54) is 101 Å². The highest BCUT2D eigenvalue weighted by Gasteiger charge is 2.50. The summed E-state index contributed by atoms with van der Waals surface area (Å²) in [4.78, 5) is 0. The minimum Gasteiger partial charge on any atom is -0.0956 e. The van der Waals surface area contributed by atoms with E-state index in [0.717, 1.165) is 29.6 Å². The number of rotatable bonds is 8. The molecule has 3 aliphatic carbocycles. The summed E-state index contributed by atoms with van der Waals surface area (Å²) in [5, 5.41) is 0. The van der Waals surface area contributed by atoms with Gasteiger partial charge in [-0.15, -0.1) is 0 Å². The van der Waals surface area contributed by atoms with Gasteiger partial charge < -0.3 is 0 Å². The minimum absolute atomic E-state index is 0. The lowest BCUT2D eigenvalue weighted by atomic mass is 9.60. The molecule has 0 bridgehead atoms. The SMILES string of the molecule is C.C=C1CCC(C)C/C1=C/C=C1\CCCC2(C)C1CCC2C(C)CCCC(C)C.CCCCC. The van der Waals surface area contributed by atoms with Gasteiger partial charge in [-0.25, -0.2) is 0 Å². The standard InChI is InChI=1S/C28H46.C5H12.CH4/c1-20(2)9-7-10-23(5)26-16-17-27-24(11-8-18-28(26,27)6)14-15-25-19-21(3)12-13-22(25)4;1-3-5-4-2;/h14-15,20-21,23,26-27H,4,7-13,16-19H2,1-3,5-6H3;3-5H2,1-2H3;1H4/b24-14+,25-15-;;. The van der Waals surface area contributed by atoms with Crippen LogP contribution in [-0.4, -0.2) is 0 Å². The maximum atomic E-state index is 4.35. The fourth-order valence-electron chi connectivity index (χ4n) is 7.21. The molecule has 0 nitrogen and oxygen atoms in total. The number of fused-ring (bicyclic) bond motifs is 1. The van der Waals surface area contributed by atoms with Crippen LogP contribution in [0, 0.1) is 35.0 Å². The van der Waals surface area contributed by atoms with Crippen molar-refractivity contribution in [1.29, 1.82) is 0 Å². The first-order valence-corrected chi connectivity index (χ1v) is 14.8. The van der Waals surface area contributed by atoms with E-state index in [-0.39, 0.29) is 7.43 Å². The topological polar surface area (TPSA) is 0 Å². The third-order valence-electron chi connectivity index (χ3n) is 9.33. The van der Waals surface area contributed by atoms with Crippen molar-refractivity contribution in [3.05, 3.63) is 35.5 Å². The van der Waals surface area contributed by atoms with E-state index < -0.39 is 0 Å². The first-order valence-electron chi connectivity index (χ1n) is 14.8. The molecule has 0 aromatic heterocycles. The summed E-state index contributed by atoms with van der Waals surface area (Å²) in [7, 11) is 0. The van der Waals surface area contributed by atoms with Crippen molar-refractivity contribution >= 4 is 0 Å². The van der Waals surface area contributed by atoms with E-state index in [2.05, 4.69) is 67.2 Å². The average Bonchev–Trinajstić information content (AvgIpc) is 3.12. The number of allylic oxidation sites excluding steroid dienone is 5. The summed E-state index contributed by atoms with van der Waals surface area (Å²) in [5.74, 6) is 4.35. The number of hydrogen-bond acceptors (Lipinski definition) is 0. The summed E-state index contributed by atoms with van der Waals surface area (Å²) >= 11 is 0. The molecular weight excluding hydrogens is 408 g/mol. The molecule has 0 N–H and O–H groups in total. The lowest BCUT2D eigenvalue weighted by Gasteiger charge is -2.44. The van der Waals surface area contributed by atoms with Crippen molar-refractivity contribution in [2.75, 3.05) is 0 Å². The molecule has 3 rings (SSSR count). The van der Waals surface area contributed by atoms with Crippen LogP contribution < -0.4 is 0 Å². The van der Waals surface area contributed by atoms with Gasteiger partial charge in [0.1, 0.15) is 0 Å². The van der Waals surface area contributed by atoms with E-state index in [4.69, 9.17) is 0 Å². The predicted octanol–water partition coefficient (Wildman–Crippen LogP) is 11.7. The van der Waals surface area contributed by atoms with E-state index in [0.29, 0.717) is 5.41 Å². The zero-order valence-corrected chi connectivity index (χ0v) is 23.6. The van der Waals surface area contributed by atoms with Crippen LogP contribution in [0.4, 0.5) is 0 Å². The summed E-state index contributed by atoms with van der Waals surface area (Å²) in [6, 6.07) is 0. The molecule has 3 aliphatic rings. The van der Waals surface area contributed by atoms with Crippen LogP contribution in [-0.2, 0) is 0 Å². The Labute approximate surface area is 216 Å². The number of hydrogen-bond donors (Lipinski definition) is 0. The largest absolute Gasteiger partial charge is 0.0956 e. The van der Waals surface area contributed by atoms with Gasteiger partial charge in [0.2, 0.25) is 0 Å². The van der Waals surface area contributed by atoms with Crippen molar-refractivity contribution in [3.8, 4) is 0 Å². The normalized spacial score (nSPS) is 32.2. The second-order valence-corrected chi connectivity index (χ2v) is 12.6. The highest BCUT2D eigenvalue weighted by Crippen LogP contribution is 2.60. The van der Waals surface area contributed by atoms with Gasteiger partial charge in [-0.2, -0.15) is 0 Å². The molecule has 5 unspecified atom stereocenters. The van der Waals surface area contributed by atoms with Crippen molar-refractivity contribution < 1.29 is 0 Å². The second-order valence-electron chi connectivity index (χ2n) is 12.6. The molecule has 0 heteroatoms. The Kier molecular flexibility index (Phi) is 14.1. The third-order valence-corrected chi connectivity index (χ3v) is 9.33. The molecule has 0 saturated heterocycles. The molecular formula is C34H62. The Balaban J connectivity index is 0.000000873. The lowest BCUT2D eigenvalue weighted by Crippen LogP contribution is -2.36. The molecule has 0 radical (unpaired) electrons. The van der Waals surface area contributed by atoms with Crippen LogP contribution in [0.5, 0.6) is 0 Å². The molecule has 5 atom stereocenters. The summed E-state index contributed by atoms with van der Waals surface area (Å²) in [6.45, 7) is 21.1. The van der Waals surface area contributed by atoms with Crippen LogP contribution in [0.3, 0.4) is 0 Å². The Hall–Kier alpha value is -0.780. The lowest BCUT2D eigenvalue weighted by molar-refractivity contribution is 0.0929. The van der Waals surface area contributed by atoms with Crippen LogP contribution in [0.2, 0.25) is 0 Å². The van der Waals surface area contributed by atoms with Crippen LogP contribution in [0.15, 0.2) is 35.5 Å². The van der Waals surface area contributed by atoms with Gasteiger partial charge >= 0.3 is 0 Å². The minimum atomic E-state index is 0. The Morgan fingerprint density at radius 1 is 0.971 bits per heavy atom. The number of unbranched alkanes of at least 4 members (excludes halogenated alkanes) is 2. The molecule has 198 valence electrons. The van der Waals surface area contributed by atoms with Gasteiger partial charge in [0.15, 0.2) is 0 Å². The zero-order chi connectivity index (χ0) is 24.4. The molecule has 34 heavy (non-hydrogen) atoms. The Bertz CT molecular complexity index is 645. The maximum absolute atomic E-state index is 4.35. The highest BCUT2D eigenvalue weighted by atomic mass is 14.5. The first kappa shape index (κ1) is 31.3. The molecule has 0 aromatic carbocycles. The predicted molar refractivity (Wildman–Crippen MR) is 156 cm³/mol. The third kappa shape index (κ3) is 8.71. The molecule has 0 amide bonds. The molecule has 0 heterocycles. The van der Waals surface area contributed by atoms with Gasteiger partial charge in [0, 0.05) is 0 Å². The van der Waals surface area contributed by atoms with Crippen molar-refractivity contribution in [2.24, 2.45) is 35.0 Å². The van der Waals surface area contributed by atoms with Gasteiger partial charge in [-0.05, 0) is 91.9 Å². The molecule has 0 spiro atoms. The highest BCUT2D eigenvalue weighted by molar-refractivity contribution is 5.36. The summed E-state index contributed by atoms with van der Waals surface area (Å²) in [6.07, 6.45) is 24.2. The molecule has 3 saturated carbocycles. The Morgan fingerprint density at radius 3 is 2.29 bits per heavy atom. The van der Waals surface area contributed by atoms with Crippen LogP contribution in [0.25, 0.3) is 0 Å². The van der Waals surface area contributed by atoms with Crippen LogP contribution in [0.1, 0.15) is 146 Å². The smallest absolute Gasteiger partial charge is 0.0143 e. The second kappa shape index (κ2) is 15.4. The van der Waals surface area contributed by atoms with Gasteiger partial charge in [0.25, 0.3) is 0 Å². The molecule has 0 aromatic rings. The van der Waals surface area contributed by atoms with E-state index in [1.807, 2.05) is 0 Å². The molecule has 3 fully saturated rings. The summed E-state index contributed by atoms with van der Waals surface area (Å²) < 4.78 is 0. The van der Waals surface area contributed by atoms with Crippen molar-refractivity contribution in [1.82, 2.24) is 0 Å². The van der Waals surface area contributed by atoms with E-state index in [9.17, 15) is 0 Å². The van der Waals surface area contributed by atoms with E-state index in [1.54, 1.807) is 5.57 Å². The zero-order valence-electron chi connectivity index (χ0n) is 23.6. The molecule has 0 aliphatic heterocycles. The van der Waals surface area contributed by atoms with Crippen molar-refractivity contribution in [3.63, 3.8) is 0 Å². The fraction of sp³-hybridized carbons (Fsp3) is 0.824. The van der Waals surface area contributed by atoms with Gasteiger partial charge in [0.05, 0.1) is 0 Å². The van der Waals surface area contributed by atoms with Gasteiger partial charge in [-0.3, -0.25) is 0 Å². The van der Waals surface area contributed by atoms with Crippen molar-refractivity contribution in [2.45, 2.75) is 146 Å². The monoisotopic (exact) mass is 470 g/mol. The van der Waals surface area contributed by atoms with Gasteiger partial charge in [-0.1, -0.05) is 124 Å². The average molecular weight is 471 g/mol. The van der Waals surface area contributed by atoms with E-state index >= 15 is 0 Å². The maximum Gasteiger partial charge on any atom is -0.0143 e. The first-order chi connectivity index (χ1) is 15.7. The Morgan fingerprint density at radius 2 is 1.68 bits per heavy atom. The fourth-order valence-corrected chi connectivity index (χ4v) is 7.21. The van der Waals surface area contributed by atoms with Crippen LogP contribution >= 0.6 is 0 Å².